The number of benzene rings is 1. The van der Waals surface area contributed by atoms with Crippen LogP contribution in [0.5, 0.6) is 0 Å². The highest BCUT2D eigenvalue weighted by molar-refractivity contribution is 5.20. The van der Waals surface area contributed by atoms with E-state index in [1.165, 1.54) is 6.07 Å². The molecular formula is C17H28FNO2. The molecule has 0 amide bonds. The maximum atomic E-state index is 14.0. The molecule has 4 heteroatoms. The van der Waals surface area contributed by atoms with Gasteiger partial charge in [-0.25, -0.2) is 4.39 Å². The van der Waals surface area contributed by atoms with Crippen molar-refractivity contribution >= 4 is 0 Å². The van der Waals surface area contributed by atoms with Gasteiger partial charge in [0.05, 0.1) is 19.3 Å². The van der Waals surface area contributed by atoms with Gasteiger partial charge >= 0.3 is 0 Å². The summed E-state index contributed by atoms with van der Waals surface area (Å²) in [4.78, 5) is 0. The largest absolute Gasteiger partial charge is 0.379 e. The summed E-state index contributed by atoms with van der Waals surface area (Å²) in [5, 5.41) is 3.37. The summed E-state index contributed by atoms with van der Waals surface area (Å²) >= 11 is 0. The van der Waals surface area contributed by atoms with E-state index in [1.54, 1.807) is 12.1 Å². The third-order valence-electron chi connectivity index (χ3n) is 2.97. The summed E-state index contributed by atoms with van der Waals surface area (Å²) in [5.41, 5.74) is 0.552. The quantitative estimate of drug-likeness (QED) is 0.705. The molecule has 0 saturated carbocycles. The molecule has 1 atom stereocenters. The van der Waals surface area contributed by atoms with Gasteiger partial charge in [-0.1, -0.05) is 25.1 Å². The van der Waals surface area contributed by atoms with Crippen LogP contribution in [0, 0.1) is 5.82 Å². The molecule has 1 rings (SSSR count). The van der Waals surface area contributed by atoms with Crippen LogP contribution in [0.15, 0.2) is 24.3 Å². The molecule has 0 aliphatic carbocycles. The number of hydrogen-bond acceptors (Lipinski definition) is 3. The Balaban J connectivity index is 2.60. The molecule has 0 fully saturated rings. The van der Waals surface area contributed by atoms with Gasteiger partial charge in [-0.15, -0.1) is 0 Å². The molecule has 120 valence electrons. The lowest BCUT2D eigenvalue weighted by Crippen LogP contribution is -2.39. The molecule has 1 aromatic carbocycles. The molecule has 0 aliphatic heterocycles. The molecule has 0 spiro atoms. The first kappa shape index (κ1) is 18.1. The van der Waals surface area contributed by atoms with Crippen LogP contribution < -0.4 is 5.32 Å². The van der Waals surface area contributed by atoms with Crippen LogP contribution in [0.2, 0.25) is 0 Å². The lowest BCUT2D eigenvalue weighted by atomic mass is 10.1. The van der Waals surface area contributed by atoms with Crippen molar-refractivity contribution in [2.24, 2.45) is 0 Å². The van der Waals surface area contributed by atoms with E-state index in [0.29, 0.717) is 25.3 Å². The summed E-state index contributed by atoms with van der Waals surface area (Å²) < 4.78 is 25.2. The number of nitrogens with one attached hydrogen (secondary N) is 1. The molecular weight excluding hydrogens is 269 g/mol. The van der Waals surface area contributed by atoms with Gasteiger partial charge in [0.25, 0.3) is 0 Å². The monoisotopic (exact) mass is 297 g/mol. The Kier molecular flexibility index (Phi) is 7.86. The van der Waals surface area contributed by atoms with Crippen LogP contribution in [-0.4, -0.2) is 31.9 Å². The zero-order valence-electron chi connectivity index (χ0n) is 13.6. The molecule has 1 aromatic rings. The van der Waals surface area contributed by atoms with Crippen molar-refractivity contribution < 1.29 is 13.9 Å². The summed E-state index contributed by atoms with van der Waals surface area (Å²) in [5.74, 6) is -0.229. The van der Waals surface area contributed by atoms with E-state index in [2.05, 4.69) is 33.0 Å². The zero-order valence-corrected chi connectivity index (χ0v) is 13.6. The first-order valence-electron chi connectivity index (χ1n) is 7.63. The molecule has 1 unspecified atom stereocenters. The number of ether oxygens (including phenoxy) is 2. The predicted octanol–water partition coefficient (Wildman–Crippen LogP) is 3.70. The van der Waals surface area contributed by atoms with Crippen molar-refractivity contribution in [2.75, 3.05) is 26.4 Å². The van der Waals surface area contributed by atoms with Gasteiger partial charge in [0.15, 0.2) is 0 Å². The fraction of sp³-hybridized carbons (Fsp3) is 0.647. The van der Waals surface area contributed by atoms with Gasteiger partial charge in [-0.05, 0) is 33.3 Å². The summed E-state index contributed by atoms with van der Waals surface area (Å²) in [6.45, 7) is 10.6. The van der Waals surface area contributed by atoms with E-state index in [0.717, 1.165) is 13.0 Å². The van der Waals surface area contributed by atoms with Gasteiger partial charge in [0.1, 0.15) is 5.82 Å². The molecule has 0 aromatic heterocycles. The highest BCUT2D eigenvalue weighted by Gasteiger charge is 2.19. The maximum Gasteiger partial charge on any atom is 0.129 e. The van der Waals surface area contributed by atoms with Gasteiger partial charge < -0.3 is 14.8 Å². The Morgan fingerprint density at radius 1 is 1.14 bits per heavy atom. The first-order valence-corrected chi connectivity index (χ1v) is 7.63. The van der Waals surface area contributed by atoms with Crippen LogP contribution >= 0.6 is 0 Å². The second kappa shape index (κ2) is 9.13. The second-order valence-corrected chi connectivity index (χ2v) is 6.12. The van der Waals surface area contributed by atoms with Crippen molar-refractivity contribution in [1.29, 1.82) is 0 Å². The van der Waals surface area contributed by atoms with E-state index >= 15 is 0 Å². The highest BCUT2D eigenvalue weighted by Crippen LogP contribution is 2.20. The molecule has 0 bridgehead atoms. The Morgan fingerprint density at radius 3 is 2.48 bits per heavy atom. The standard InChI is InChI=1S/C17H28FNO2/c1-5-10-20-11-12-21-16(13-19-17(2,3)4)14-8-6-7-9-15(14)18/h6-9,16,19H,5,10-13H2,1-4H3. The van der Waals surface area contributed by atoms with E-state index in [1.807, 2.05) is 6.07 Å². The molecule has 1 N–H and O–H groups in total. The first-order chi connectivity index (χ1) is 9.94. The van der Waals surface area contributed by atoms with E-state index in [-0.39, 0.29) is 17.5 Å². The fourth-order valence-corrected chi connectivity index (χ4v) is 1.89. The lowest BCUT2D eigenvalue weighted by Gasteiger charge is -2.26. The normalized spacial score (nSPS) is 13.4. The summed E-state index contributed by atoms with van der Waals surface area (Å²) in [7, 11) is 0. The van der Waals surface area contributed by atoms with Crippen LogP contribution in [0.3, 0.4) is 0 Å². The lowest BCUT2D eigenvalue weighted by molar-refractivity contribution is 0.000714. The number of hydrogen-bond donors (Lipinski definition) is 1. The van der Waals surface area contributed by atoms with Crippen LogP contribution in [-0.2, 0) is 9.47 Å². The maximum absolute atomic E-state index is 14.0. The minimum absolute atomic E-state index is 0.0361. The van der Waals surface area contributed by atoms with Gasteiger partial charge in [0, 0.05) is 24.3 Å². The Bertz CT molecular complexity index is 404. The van der Waals surface area contributed by atoms with Crippen molar-refractivity contribution in [1.82, 2.24) is 5.32 Å². The van der Waals surface area contributed by atoms with Gasteiger partial charge in [-0.3, -0.25) is 0 Å². The van der Waals surface area contributed by atoms with E-state index < -0.39 is 0 Å². The second-order valence-electron chi connectivity index (χ2n) is 6.12. The summed E-state index contributed by atoms with van der Waals surface area (Å²) in [6, 6.07) is 6.77. The van der Waals surface area contributed by atoms with Gasteiger partial charge in [-0.2, -0.15) is 0 Å². The van der Waals surface area contributed by atoms with Gasteiger partial charge in [0.2, 0.25) is 0 Å². The molecule has 0 radical (unpaired) electrons. The Labute approximate surface area is 127 Å². The topological polar surface area (TPSA) is 30.5 Å². The molecule has 3 nitrogen and oxygen atoms in total. The number of rotatable bonds is 9. The summed E-state index contributed by atoms with van der Waals surface area (Å²) in [6.07, 6.45) is 0.679. The van der Waals surface area contributed by atoms with Crippen LogP contribution in [0.4, 0.5) is 4.39 Å². The molecule has 0 saturated heterocycles. The third kappa shape index (κ3) is 7.55. The SMILES string of the molecule is CCCOCCOC(CNC(C)(C)C)c1ccccc1F. The average Bonchev–Trinajstić information content (AvgIpc) is 2.42. The van der Waals surface area contributed by atoms with Crippen LogP contribution in [0.25, 0.3) is 0 Å². The zero-order chi connectivity index (χ0) is 15.7. The number of halogens is 1. The predicted molar refractivity (Wildman–Crippen MR) is 84.0 cm³/mol. The van der Waals surface area contributed by atoms with E-state index in [9.17, 15) is 4.39 Å². The van der Waals surface area contributed by atoms with Crippen molar-refractivity contribution in [3.63, 3.8) is 0 Å². The van der Waals surface area contributed by atoms with Crippen LogP contribution in [0.1, 0.15) is 45.8 Å². The molecule has 21 heavy (non-hydrogen) atoms. The Hall–Kier alpha value is -0.970. The van der Waals surface area contributed by atoms with Crippen molar-refractivity contribution in [2.45, 2.75) is 45.8 Å². The fourth-order valence-electron chi connectivity index (χ4n) is 1.89. The smallest absolute Gasteiger partial charge is 0.129 e. The third-order valence-corrected chi connectivity index (χ3v) is 2.97. The minimum Gasteiger partial charge on any atom is -0.379 e. The highest BCUT2D eigenvalue weighted by atomic mass is 19.1. The molecule has 0 aliphatic rings. The van der Waals surface area contributed by atoms with Crippen molar-refractivity contribution in [3.05, 3.63) is 35.6 Å². The Morgan fingerprint density at radius 2 is 1.86 bits per heavy atom. The van der Waals surface area contributed by atoms with Crippen molar-refractivity contribution in [3.8, 4) is 0 Å². The van der Waals surface area contributed by atoms with E-state index in [4.69, 9.17) is 9.47 Å². The average molecular weight is 297 g/mol. The minimum atomic E-state index is -0.310. The molecule has 0 heterocycles.